The quantitative estimate of drug-likeness (QED) is 0.666. The zero-order valence-electron chi connectivity index (χ0n) is 8.55. The Balaban J connectivity index is 2.21. The van der Waals surface area contributed by atoms with E-state index in [-0.39, 0.29) is 5.92 Å². The van der Waals surface area contributed by atoms with Gasteiger partial charge in [-0.05, 0) is 32.6 Å². The molecule has 1 rings (SSSR count). The Hall–Kier alpha value is -1.01. The minimum absolute atomic E-state index is 0.120. The molecule has 0 unspecified atom stereocenters. The summed E-state index contributed by atoms with van der Waals surface area (Å²) in [5.41, 5.74) is 0. The predicted octanol–water partition coefficient (Wildman–Crippen LogP) is 1.24. The van der Waals surface area contributed by atoms with Crippen LogP contribution in [0.2, 0.25) is 0 Å². The maximum Gasteiger partial charge on any atom is 0.306 e. The first-order valence-electron chi connectivity index (χ1n) is 5.10. The number of hydrogen-bond acceptors (Lipinski definition) is 2. The van der Waals surface area contributed by atoms with Crippen LogP contribution < -0.4 is 5.32 Å². The van der Waals surface area contributed by atoms with Crippen molar-refractivity contribution in [3.63, 3.8) is 0 Å². The Labute approximate surface area is 84.9 Å². The van der Waals surface area contributed by atoms with Gasteiger partial charge in [0.2, 0.25) is 0 Å². The first-order chi connectivity index (χ1) is 6.74. The van der Waals surface area contributed by atoms with Crippen LogP contribution in [-0.4, -0.2) is 23.7 Å². The van der Waals surface area contributed by atoms with Crippen molar-refractivity contribution in [1.82, 2.24) is 5.32 Å². The van der Waals surface area contributed by atoms with Crippen LogP contribution >= 0.6 is 0 Å². The Morgan fingerprint density at radius 2 is 2.07 bits per heavy atom. The lowest BCUT2D eigenvalue weighted by molar-refractivity contribution is -0.142. The summed E-state index contributed by atoms with van der Waals surface area (Å²) < 4.78 is 0. The largest absolute Gasteiger partial charge is 0.481 e. The van der Waals surface area contributed by atoms with Crippen LogP contribution in [0.5, 0.6) is 0 Å². The molecule has 0 radical (unpaired) electrons. The van der Waals surface area contributed by atoms with Gasteiger partial charge >= 0.3 is 5.97 Å². The van der Waals surface area contributed by atoms with Crippen molar-refractivity contribution >= 4 is 5.97 Å². The van der Waals surface area contributed by atoms with Gasteiger partial charge in [0.05, 0.1) is 12.5 Å². The molecule has 0 aromatic rings. The first-order valence-corrected chi connectivity index (χ1v) is 5.10. The SMILES string of the molecule is CC#CCNC1CCC(C(=O)O)CC1. The molecule has 0 spiro atoms. The summed E-state index contributed by atoms with van der Waals surface area (Å²) in [6.45, 7) is 2.54. The molecule has 0 heterocycles. The minimum Gasteiger partial charge on any atom is -0.481 e. The second kappa shape index (κ2) is 5.66. The number of aliphatic carboxylic acids is 1. The molecule has 0 aromatic carbocycles. The smallest absolute Gasteiger partial charge is 0.306 e. The second-order valence-electron chi connectivity index (χ2n) is 3.69. The fourth-order valence-electron chi connectivity index (χ4n) is 1.83. The Morgan fingerprint density at radius 1 is 1.43 bits per heavy atom. The van der Waals surface area contributed by atoms with Gasteiger partial charge in [0, 0.05) is 6.04 Å². The molecule has 3 heteroatoms. The molecule has 1 saturated carbocycles. The molecule has 0 atom stereocenters. The molecule has 0 aromatic heterocycles. The van der Waals surface area contributed by atoms with Gasteiger partial charge in [-0.2, -0.15) is 0 Å². The highest BCUT2D eigenvalue weighted by Crippen LogP contribution is 2.24. The van der Waals surface area contributed by atoms with Gasteiger partial charge in [-0.1, -0.05) is 5.92 Å². The molecule has 14 heavy (non-hydrogen) atoms. The zero-order valence-corrected chi connectivity index (χ0v) is 8.55. The van der Waals surface area contributed by atoms with Crippen molar-refractivity contribution in [2.45, 2.75) is 38.6 Å². The normalized spacial score (nSPS) is 26.4. The number of rotatable bonds is 3. The summed E-state index contributed by atoms with van der Waals surface area (Å²) >= 11 is 0. The maximum absolute atomic E-state index is 10.7. The standard InChI is InChI=1S/C11H17NO2/c1-2-3-8-12-10-6-4-9(5-7-10)11(13)14/h9-10,12H,4-8H2,1H3,(H,13,14). The summed E-state index contributed by atoms with van der Waals surface area (Å²) in [7, 11) is 0. The average molecular weight is 195 g/mol. The summed E-state index contributed by atoms with van der Waals surface area (Å²) in [5, 5.41) is 12.1. The van der Waals surface area contributed by atoms with Gasteiger partial charge in [-0.15, -0.1) is 5.92 Å². The third-order valence-corrected chi connectivity index (χ3v) is 2.73. The molecule has 3 nitrogen and oxygen atoms in total. The van der Waals surface area contributed by atoms with E-state index in [9.17, 15) is 4.79 Å². The van der Waals surface area contributed by atoms with Crippen LogP contribution in [0.25, 0.3) is 0 Å². The second-order valence-corrected chi connectivity index (χ2v) is 3.69. The van der Waals surface area contributed by atoms with Crippen LogP contribution in [0.4, 0.5) is 0 Å². The molecule has 1 aliphatic rings. The van der Waals surface area contributed by atoms with E-state index >= 15 is 0 Å². The van der Waals surface area contributed by atoms with Crippen molar-refractivity contribution in [1.29, 1.82) is 0 Å². The van der Waals surface area contributed by atoms with Crippen LogP contribution in [-0.2, 0) is 4.79 Å². The first kappa shape index (κ1) is 11.1. The number of carboxylic acid groups (broad SMARTS) is 1. The van der Waals surface area contributed by atoms with Crippen LogP contribution in [0.3, 0.4) is 0 Å². The number of nitrogens with one attached hydrogen (secondary N) is 1. The molecule has 1 aliphatic carbocycles. The molecule has 2 N–H and O–H groups in total. The maximum atomic E-state index is 10.7. The van der Waals surface area contributed by atoms with Crippen molar-refractivity contribution < 1.29 is 9.90 Å². The van der Waals surface area contributed by atoms with E-state index in [1.54, 1.807) is 0 Å². The molecular formula is C11H17NO2. The highest BCUT2D eigenvalue weighted by Gasteiger charge is 2.25. The topological polar surface area (TPSA) is 49.3 Å². The average Bonchev–Trinajstić information content (AvgIpc) is 2.19. The van der Waals surface area contributed by atoms with Gasteiger partial charge < -0.3 is 10.4 Å². The van der Waals surface area contributed by atoms with Crippen molar-refractivity contribution in [2.24, 2.45) is 5.92 Å². The predicted molar refractivity (Wildman–Crippen MR) is 54.8 cm³/mol. The van der Waals surface area contributed by atoms with E-state index in [0.717, 1.165) is 32.2 Å². The minimum atomic E-state index is -0.642. The van der Waals surface area contributed by atoms with Crippen molar-refractivity contribution in [3.05, 3.63) is 0 Å². The van der Waals surface area contributed by atoms with Gasteiger partial charge in [0.25, 0.3) is 0 Å². The zero-order chi connectivity index (χ0) is 10.4. The lowest BCUT2D eigenvalue weighted by Crippen LogP contribution is -2.35. The molecule has 0 bridgehead atoms. The molecule has 0 aliphatic heterocycles. The number of carboxylic acids is 1. The summed E-state index contributed by atoms with van der Waals surface area (Å²) in [5.74, 6) is 5.02. The van der Waals surface area contributed by atoms with Gasteiger partial charge in [0.15, 0.2) is 0 Å². The van der Waals surface area contributed by atoms with E-state index in [2.05, 4.69) is 17.2 Å². The monoisotopic (exact) mass is 195 g/mol. The molecule has 0 saturated heterocycles. The van der Waals surface area contributed by atoms with E-state index in [1.165, 1.54) is 0 Å². The van der Waals surface area contributed by atoms with Gasteiger partial charge in [0.1, 0.15) is 0 Å². The summed E-state index contributed by atoms with van der Waals surface area (Å²) in [4.78, 5) is 10.7. The van der Waals surface area contributed by atoms with Crippen molar-refractivity contribution in [2.75, 3.05) is 6.54 Å². The number of hydrogen-bond donors (Lipinski definition) is 2. The third kappa shape index (κ3) is 3.39. The Bertz CT molecular complexity index is 244. The Kier molecular flexibility index (Phi) is 4.48. The lowest BCUT2D eigenvalue weighted by atomic mass is 9.86. The third-order valence-electron chi connectivity index (χ3n) is 2.73. The van der Waals surface area contributed by atoms with E-state index in [0.29, 0.717) is 6.04 Å². The van der Waals surface area contributed by atoms with Crippen molar-refractivity contribution in [3.8, 4) is 11.8 Å². The van der Waals surface area contributed by atoms with Gasteiger partial charge in [-0.25, -0.2) is 0 Å². The highest BCUT2D eigenvalue weighted by molar-refractivity contribution is 5.70. The van der Waals surface area contributed by atoms with Crippen LogP contribution in [0.1, 0.15) is 32.6 Å². The summed E-state index contributed by atoms with van der Waals surface area (Å²) in [6.07, 6.45) is 3.52. The van der Waals surface area contributed by atoms with Crippen LogP contribution in [0.15, 0.2) is 0 Å². The highest BCUT2D eigenvalue weighted by atomic mass is 16.4. The van der Waals surface area contributed by atoms with Gasteiger partial charge in [-0.3, -0.25) is 4.79 Å². The fraction of sp³-hybridized carbons (Fsp3) is 0.727. The molecule has 0 amide bonds. The summed E-state index contributed by atoms with van der Waals surface area (Å²) in [6, 6.07) is 0.464. The number of carbonyl (C=O) groups is 1. The van der Waals surface area contributed by atoms with E-state index < -0.39 is 5.97 Å². The van der Waals surface area contributed by atoms with E-state index in [4.69, 9.17) is 5.11 Å². The Morgan fingerprint density at radius 3 is 2.57 bits per heavy atom. The molecular weight excluding hydrogens is 178 g/mol. The van der Waals surface area contributed by atoms with E-state index in [1.807, 2.05) is 6.92 Å². The lowest BCUT2D eigenvalue weighted by Gasteiger charge is -2.26. The van der Waals surface area contributed by atoms with Crippen LogP contribution in [0, 0.1) is 17.8 Å². The molecule has 1 fully saturated rings. The fourth-order valence-corrected chi connectivity index (χ4v) is 1.83. The molecule has 78 valence electrons.